The molecule has 0 amide bonds. The summed E-state index contributed by atoms with van der Waals surface area (Å²) in [4.78, 5) is 31.2. The molecule has 0 aromatic carbocycles. The van der Waals surface area contributed by atoms with E-state index in [1.807, 2.05) is 0 Å². The lowest BCUT2D eigenvalue weighted by atomic mass is 9.67. The van der Waals surface area contributed by atoms with Crippen molar-refractivity contribution in [2.75, 3.05) is 26.3 Å². The van der Waals surface area contributed by atoms with Crippen LogP contribution in [0.25, 0.3) is 0 Å². The monoisotopic (exact) mass is 442 g/mol. The van der Waals surface area contributed by atoms with Gasteiger partial charge in [-0.25, -0.2) is 9.67 Å². The molecule has 0 spiro atoms. The summed E-state index contributed by atoms with van der Waals surface area (Å²) in [5.41, 5.74) is 0. The summed E-state index contributed by atoms with van der Waals surface area (Å²) in [5.74, 6) is 4.68. The first kappa shape index (κ1) is 20.6. The summed E-state index contributed by atoms with van der Waals surface area (Å²) in [6.45, 7) is 7.37. The Morgan fingerprint density at radius 1 is 1.00 bits per heavy atom. The molecule has 2 aliphatic carbocycles. The fourth-order valence-electron chi connectivity index (χ4n) is 7.05. The Bertz CT molecular complexity index is 901. The predicted octanol–water partition coefficient (Wildman–Crippen LogP) is 2.38. The van der Waals surface area contributed by atoms with Gasteiger partial charge in [-0.05, 0) is 56.9 Å². The van der Waals surface area contributed by atoms with Gasteiger partial charge in [-0.3, -0.25) is 14.5 Å². The Morgan fingerprint density at radius 3 is 2.72 bits per heavy atom. The van der Waals surface area contributed by atoms with Crippen molar-refractivity contribution in [3.05, 3.63) is 11.6 Å². The first-order chi connectivity index (χ1) is 15.6. The van der Waals surface area contributed by atoms with Crippen LogP contribution in [0.5, 0.6) is 0 Å². The van der Waals surface area contributed by atoms with Crippen LogP contribution in [-0.2, 0) is 32.2 Å². The maximum Gasteiger partial charge on any atom is 0.309 e. The minimum Gasteiger partial charge on any atom is -0.465 e. The van der Waals surface area contributed by atoms with E-state index in [2.05, 4.69) is 16.5 Å². The molecule has 0 N–H and O–H groups in total. The third-order valence-corrected chi connectivity index (χ3v) is 9.17. The van der Waals surface area contributed by atoms with E-state index < -0.39 is 0 Å². The van der Waals surface area contributed by atoms with E-state index in [9.17, 15) is 9.59 Å². The summed E-state index contributed by atoms with van der Waals surface area (Å²) < 4.78 is 12.7. The van der Waals surface area contributed by atoms with E-state index in [4.69, 9.17) is 19.6 Å². The van der Waals surface area contributed by atoms with Crippen molar-refractivity contribution in [1.82, 2.24) is 19.7 Å². The second-order valence-corrected chi connectivity index (χ2v) is 10.8. The van der Waals surface area contributed by atoms with Crippen molar-refractivity contribution in [3.8, 4) is 0 Å². The van der Waals surface area contributed by atoms with Crippen molar-refractivity contribution in [2.45, 2.75) is 64.5 Å². The summed E-state index contributed by atoms with van der Waals surface area (Å²) in [6, 6.07) is 0. The number of esters is 2. The van der Waals surface area contributed by atoms with Crippen LogP contribution in [0.1, 0.15) is 63.0 Å². The van der Waals surface area contributed by atoms with Gasteiger partial charge in [-0.1, -0.05) is 6.92 Å². The second-order valence-electron chi connectivity index (χ2n) is 10.8. The Labute approximate surface area is 189 Å². The highest BCUT2D eigenvalue weighted by Crippen LogP contribution is 2.44. The molecule has 174 valence electrons. The molecular formula is C24H34N4O4. The highest BCUT2D eigenvalue weighted by Gasteiger charge is 2.46. The number of aromatic nitrogens is 3. The zero-order chi connectivity index (χ0) is 21.8. The molecule has 0 bridgehead atoms. The van der Waals surface area contributed by atoms with Crippen LogP contribution in [0.15, 0.2) is 0 Å². The van der Waals surface area contributed by atoms with Gasteiger partial charge < -0.3 is 9.47 Å². The standard InChI is InChI=1S/C24H34N4O4/c1-14-15(2-5-19-20(14)13-32-24(19)30)6-7-27-8-9-28-21(11-27)25-22(26-28)16-3-4-18-17(10-16)12-31-23(18)29/h14-20H,2-13H2,1H3. The number of hydrogen-bond donors (Lipinski definition) is 0. The highest BCUT2D eigenvalue weighted by molar-refractivity contribution is 5.75. The zero-order valence-corrected chi connectivity index (χ0v) is 18.9. The zero-order valence-electron chi connectivity index (χ0n) is 18.9. The number of ether oxygens (including phenoxy) is 2. The summed E-state index contributed by atoms with van der Waals surface area (Å²) in [5, 5.41) is 4.85. The first-order valence-electron chi connectivity index (χ1n) is 12.6. The Hall–Kier alpha value is -1.96. The Kier molecular flexibility index (Phi) is 5.23. The minimum atomic E-state index is -0.00366. The van der Waals surface area contributed by atoms with Gasteiger partial charge in [0.2, 0.25) is 0 Å². The van der Waals surface area contributed by atoms with Crippen LogP contribution in [0.4, 0.5) is 0 Å². The van der Waals surface area contributed by atoms with E-state index in [0.29, 0.717) is 42.8 Å². The van der Waals surface area contributed by atoms with E-state index >= 15 is 0 Å². The lowest BCUT2D eigenvalue weighted by Crippen LogP contribution is -2.38. The fourth-order valence-corrected chi connectivity index (χ4v) is 7.05. The average molecular weight is 443 g/mol. The van der Waals surface area contributed by atoms with Gasteiger partial charge >= 0.3 is 11.9 Å². The van der Waals surface area contributed by atoms with Gasteiger partial charge in [0.05, 0.1) is 38.1 Å². The quantitative estimate of drug-likeness (QED) is 0.662. The van der Waals surface area contributed by atoms with Crippen molar-refractivity contribution in [3.63, 3.8) is 0 Å². The number of cyclic esters (lactones) is 2. The van der Waals surface area contributed by atoms with Gasteiger partial charge in [-0.15, -0.1) is 0 Å². The van der Waals surface area contributed by atoms with Gasteiger partial charge in [0.25, 0.3) is 0 Å². The molecule has 1 aromatic rings. The maximum atomic E-state index is 11.9. The minimum absolute atomic E-state index is 0.00366. The van der Waals surface area contributed by atoms with Gasteiger partial charge in [-0.2, -0.15) is 5.10 Å². The number of nitrogens with zero attached hydrogens (tertiary/aromatic N) is 4. The SMILES string of the molecule is CC1C(CCN2CCn3nc(C4CCC5C(=O)OCC5C4)nc3C2)CCC2C(=O)OCC21. The van der Waals surface area contributed by atoms with Crippen LogP contribution >= 0.6 is 0 Å². The first-order valence-corrected chi connectivity index (χ1v) is 12.6. The highest BCUT2D eigenvalue weighted by atomic mass is 16.5. The van der Waals surface area contributed by atoms with Crippen LogP contribution in [0, 0.1) is 35.5 Å². The molecule has 3 aliphatic heterocycles. The maximum absolute atomic E-state index is 11.9. The predicted molar refractivity (Wildman–Crippen MR) is 114 cm³/mol. The molecule has 1 aromatic heterocycles. The van der Waals surface area contributed by atoms with Crippen LogP contribution in [0.2, 0.25) is 0 Å². The molecule has 2 saturated carbocycles. The molecule has 4 heterocycles. The number of rotatable bonds is 4. The second kappa shape index (κ2) is 8.12. The lowest BCUT2D eigenvalue weighted by Gasteiger charge is -2.37. The molecule has 4 fully saturated rings. The number of fused-ring (bicyclic) bond motifs is 3. The van der Waals surface area contributed by atoms with Crippen molar-refractivity contribution in [2.24, 2.45) is 35.5 Å². The molecular weight excluding hydrogens is 408 g/mol. The lowest BCUT2D eigenvalue weighted by molar-refractivity contribution is -0.142. The van der Waals surface area contributed by atoms with Crippen molar-refractivity contribution in [1.29, 1.82) is 0 Å². The Balaban J connectivity index is 1.04. The molecule has 2 saturated heterocycles. The normalized spacial score (nSPS) is 39.2. The van der Waals surface area contributed by atoms with Crippen LogP contribution in [0.3, 0.4) is 0 Å². The number of carbonyl (C=O) groups excluding carboxylic acids is 2. The molecule has 7 unspecified atom stereocenters. The van der Waals surface area contributed by atoms with E-state index in [1.54, 1.807) is 0 Å². The van der Waals surface area contributed by atoms with Crippen molar-refractivity contribution >= 4 is 11.9 Å². The van der Waals surface area contributed by atoms with Gasteiger partial charge in [0.15, 0.2) is 5.82 Å². The molecule has 5 aliphatic rings. The third kappa shape index (κ3) is 3.55. The molecule has 8 nitrogen and oxygen atoms in total. The third-order valence-electron chi connectivity index (χ3n) is 9.17. The smallest absolute Gasteiger partial charge is 0.309 e. The molecule has 6 rings (SSSR count). The molecule has 8 heteroatoms. The van der Waals surface area contributed by atoms with E-state index in [-0.39, 0.29) is 23.8 Å². The topological polar surface area (TPSA) is 86.5 Å². The summed E-state index contributed by atoms with van der Waals surface area (Å²) in [6.07, 6.45) is 6.17. The van der Waals surface area contributed by atoms with Crippen molar-refractivity contribution < 1.29 is 19.1 Å². The van der Waals surface area contributed by atoms with Crippen LogP contribution < -0.4 is 0 Å². The summed E-state index contributed by atoms with van der Waals surface area (Å²) in [7, 11) is 0. The average Bonchev–Trinajstić information content (AvgIpc) is 3.50. The van der Waals surface area contributed by atoms with Gasteiger partial charge in [0.1, 0.15) is 5.82 Å². The molecule has 32 heavy (non-hydrogen) atoms. The number of hydrogen-bond acceptors (Lipinski definition) is 7. The van der Waals surface area contributed by atoms with E-state index in [0.717, 1.165) is 69.9 Å². The van der Waals surface area contributed by atoms with E-state index in [1.165, 1.54) is 6.42 Å². The van der Waals surface area contributed by atoms with Crippen LogP contribution in [-0.4, -0.2) is 57.9 Å². The molecule has 7 atom stereocenters. The largest absolute Gasteiger partial charge is 0.465 e. The summed E-state index contributed by atoms with van der Waals surface area (Å²) >= 11 is 0. The number of carbonyl (C=O) groups is 2. The molecule has 0 radical (unpaired) electrons. The Morgan fingerprint density at radius 2 is 1.81 bits per heavy atom. The fraction of sp³-hybridized carbons (Fsp3) is 0.833. The van der Waals surface area contributed by atoms with Gasteiger partial charge in [0, 0.05) is 24.3 Å².